The standard InChI is InChI=1S/C51H32FN5/c52-37-26-23-33(24-27-37)39-29-25-36(51-54-49(34-13-3-1-4-14-34)53-50(55-51)35-15-5-2-6-16-35)31-47(39)57-46-22-12-9-19-42(46)43-30-28-38(32-48(43)57)56-44-20-10-7-17-40(44)41-18-8-11-21-45(41)56/h1-32H. The Morgan fingerprint density at radius 2 is 0.789 bits per heavy atom. The second kappa shape index (κ2) is 13.3. The van der Waals surface area contributed by atoms with E-state index in [2.05, 4.69) is 118 Å². The predicted molar refractivity (Wildman–Crippen MR) is 230 cm³/mol. The lowest BCUT2D eigenvalue weighted by atomic mass is 10.0. The van der Waals surface area contributed by atoms with E-state index < -0.39 is 0 Å². The van der Waals surface area contributed by atoms with Crippen LogP contribution in [0.1, 0.15) is 0 Å². The number of benzene rings is 8. The van der Waals surface area contributed by atoms with Gasteiger partial charge < -0.3 is 9.13 Å². The molecule has 11 rings (SSSR count). The highest BCUT2D eigenvalue weighted by Gasteiger charge is 2.20. The molecule has 6 heteroatoms. The zero-order valence-electron chi connectivity index (χ0n) is 30.6. The Kier molecular flexibility index (Phi) is 7.60. The molecule has 0 radical (unpaired) electrons. The fraction of sp³-hybridized carbons (Fsp3) is 0. The number of rotatable bonds is 6. The van der Waals surface area contributed by atoms with Gasteiger partial charge in [-0.05, 0) is 54.1 Å². The summed E-state index contributed by atoms with van der Waals surface area (Å²) in [6, 6.07) is 65.5. The molecular formula is C51H32FN5. The smallest absolute Gasteiger partial charge is 0.164 e. The number of para-hydroxylation sites is 3. The van der Waals surface area contributed by atoms with Crippen LogP contribution in [0.5, 0.6) is 0 Å². The third-order valence-corrected chi connectivity index (χ3v) is 10.8. The maximum absolute atomic E-state index is 14.4. The van der Waals surface area contributed by atoms with Gasteiger partial charge in [0.1, 0.15) is 5.82 Å². The molecule has 0 aliphatic rings. The summed E-state index contributed by atoms with van der Waals surface area (Å²) >= 11 is 0. The number of aromatic nitrogens is 5. The lowest BCUT2D eigenvalue weighted by Gasteiger charge is -2.17. The lowest BCUT2D eigenvalue weighted by molar-refractivity contribution is 0.628. The number of fused-ring (bicyclic) bond motifs is 6. The van der Waals surface area contributed by atoms with Crippen molar-refractivity contribution in [2.45, 2.75) is 0 Å². The molecule has 0 aliphatic carbocycles. The second-order valence-electron chi connectivity index (χ2n) is 14.2. The molecule has 268 valence electrons. The van der Waals surface area contributed by atoms with Gasteiger partial charge in [-0.1, -0.05) is 146 Å². The number of nitrogens with zero attached hydrogens (tertiary/aromatic N) is 5. The Morgan fingerprint density at radius 1 is 0.333 bits per heavy atom. The van der Waals surface area contributed by atoms with Crippen molar-refractivity contribution in [3.63, 3.8) is 0 Å². The van der Waals surface area contributed by atoms with Crippen molar-refractivity contribution in [3.05, 3.63) is 200 Å². The summed E-state index contributed by atoms with van der Waals surface area (Å²) in [7, 11) is 0. The third kappa shape index (κ3) is 5.49. The minimum atomic E-state index is -0.281. The monoisotopic (exact) mass is 733 g/mol. The minimum Gasteiger partial charge on any atom is -0.309 e. The van der Waals surface area contributed by atoms with Crippen molar-refractivity contribution in [2.24, 2.45) is 0 Å². The molecule has 0 bridgehead atoms. The molecule has 8 aromatic carbocycles. The fourth-order valence-electron chi connectivity index (χ4n) is 8.23. The molecule has 0 saturated heterocycles. The number of hydrogen-bond donors (Lipinski definition) is 0. The van der Waals surface area contributed by atoms with E-state index in [1.165, 1.54) is 22.9 Å². The molecule has 0 unspecified atom stereocenters. The first-order chi connectivity index (χ1) is 28.2. The first-order valence-corrected chi connectivity index (χ1v) is 19.0. The Balaban J connectivity index is 1.20. The van der Waals surface area contributed by atoms with Crippen molar-refractivity contribution < 1.29 is 4.39 Å². The summed E-state index contributed by atoms with van der Waals surface area (Å²) in [5, 5.41) is 4.68. The maximum atomic E-state index is 14.4. The van der Waals surface area contributed by atoms with E-state index in [-0.39, 0.29) is 5.82 Å². The van der Waals surface area contributed by atoms with E-state index >= 15 is 0 Å². The van der Waals surface area contributed by atoms with Crippen molar-refractivity contribution in [2.75, 3.05) is 0 Å². The van der Waals surface area contributed by atoms with Crippen molar-refractivity contribution in [3.8, 4) is 56.7 Å². The Bertz CT molecular complexity index is 3180. The zero-order valence-corrected chi connectivity index (χ0v) is 30.6. The van der Waals surface area contributed by atoms with Crippen molar-refractivity contribution >= 4 is 43.6 Å². The summed E-state index contributed by atoms with van der Waals surface area (Å²) in [5.41, 5.74) is 10.9. The number of halogens is 1. The molecule has 0 fully saturated rings. The van der Waals surface area contributed by atoms with Gasteiger partial charge in [-0.2, -0.15) is 0 Å². The van der Waals surface area contributed by atoms with Crippen LogP contribution >= 0.6 is 0 Å². The van der Waals surface area contributed by atoms with Crippen LogP contribution in [0.4, 0.5) is 4.39 Å². The van der Waals surface area contributed by atoms with Crippen LogP contribution in [0.3, 0.4) is 0 Å². The van der Waals surface area contributed by atoms with Gasteiger partial charge in [0.2, 0.25) is 0 Å². The maximum Gasteiger partial charge on any atom is 0.164 e. The van der Waals surface area contributed by atoms with E-state index in [4.69, 9.17) is 15.0 Å². The Morgan fingerprint density at radius 3 is 1.35 bits per heavy atom. The minimum absolute atomic E-state index is 0.281. The third-order valence-electron chi connectivity index (χ3n) is 10.8. The van der Waals surface area contributed by atoms with Gasteiger partial charge in [-0.3, -0.25) is 0 Å². The molecule has 11 aromatic rings. The van der Waals surface area contributed by atoms with Gasteiger partial charge in [0.15, 0.2) is 17.5 Å². The van der Waals surface area contributed by atoms with Gasteiger partial charge in [0, 0.05) is 49.5 Å². The van der Waals surface area contributed by atoms with Crippen LogP contribution in [0, 0.1) is 5.82 Å². The van der Waals surface area contributed by atoms with E-state index in [1.807, 2.05) is 72.8 Å². The molecule has 0 atom stereocenters. The van der Waals surface area contributed by atoms with Crippen LogP contribution in [0.15, 0.2) is 194 Å². The number of hydrogen-bond acceptors (Lipinski definition) is 3. The van der Waals surface area contributed by atoms with Crippen LogP contribution in [-0.2, 0) is 0 Å². The van der Waals surface area contributed by atoms with E-state index in [0.717, 1.165) is 72.0 Å². The van der Waals surface area contributed by atoms with Gasteiger partial charge >= 0.3 is 0 Å². The van der Waals surface area contributed by atoms with Crippen LogP contribution in [-0.4, -0.2) is 24.1 Å². The fourth-order valence-corrected chi connectivity index (χ4v) is 8.23. The zero-order chi connectivity index (χ0) is 37.9. The van der Waals surface area contributed by atoms with Gasteiger partial charge in [0.05, 0.1) is 27.8 Å². The van der Waals surface area contributed by atoms with Crippen LogP contribution in [0.25, 0.3) is 100 Å². The predicted octanol–water partition coefficient (Wildman–Crippen LogP) is 12.9. The second-order valence-corrected chi connectivity index (χ2v) is 14.2. The molecule has 3 heterocycles. The molecule has 3 aromatic heterocycles. The van der Waals surface area contributed by atoms with Gasteiger partial charge in [0.25, 0.3) is 0 Å². The van der Waals surface area contributed by atoms with Crippen LogP contribution in [0.2, 0.25) is 0 Å². The topological polar surface area (TPSA) is 48.5 Å². The van der Waals surface area contributed by atoms with E-state index in [0.29, 0.717) is 17.5 Å². The highest BCUT2D eigenvalue weighted by molar-refractivity contribution is 6.12. The summed E-state index contributed by atoms with van der Waals surface area (Å²) in [5.74, 6) is 1.46. The molecule has 57 heavy (non-hydrogen) atoms. The average Bonchev–Trinajstić information content (AvgIpc) is 3.79. The SMILES string of the molecule is Fc1ccc(-c2ccc(-c3nc(-c4ccccc4)nc(-c4ccccc4)n3)cc2-n2c3ccccc3c3ccc(-n4c5ccccc5c5ccccc54)cc32)cc1. The summed E-state index contributed by atoms with van der Waals surface area (Å²) in [6.07, 6.45) is 0. The lowest BCUT2D eigenvalue weighted by Crippen LogP contribution is -2.02. The molecule has 0 saturated carbocycles. The van der Waals surface area contributed by atoms with Crippen molar-refractivity contribution in [1.82, 2.24) is 24.1 Å². The largest absolute Gasteiger partial charge is 0.309 e. The first kappa shape index (κ1) is 32.7. The molecular weight excluding hydrogens is 702 g/mol. The quantitative estimate of drug-likeness (QED) is 0.171. The Hall–Kier alpha value is -7.70. The summed E-state index contributed by atoms with van der Waals surface area (Å²) < 4.78 is 19.1. The van der Waals surface area contributed by atoms with Gasteiger partial charge in [-0.25, -0.2) is 19.3 Å². The average molecular weight is 734 g/mol. The molecule has 0 aliphatic heterocycles. The molecule has 5 nitrogen and oxygen atoms in total. The Labute approximate surface area is 327 Å². The van der Waals surface area contributed by atoms with Crippen molar-refractivity contribution in [1.29, 1.82) is 0 Å². The normalized spacial score (nSPS) is 11.6. The molecule has 0 amide bonds. The highest BCUT2D eigenvalue weighted by Crippen LogP contribution is 2.40. The molecule has 0 spiro atoms. The van der Waals surface area contributed by atoms with E-state index in [1.54, 1.807) is 0 Å². The highest BCUT2D eigenvalue weighted by atomic mass is 19.1. The van der Waals surface area contributed by atoms with Gasteiger partial charge in [-0.15, -0.1) is 0 Å². The first-order valence-electron chi connectivity index (χ1n) is 19.0. The summed E-state index contributed by atoms with van der Waals surface area (Å²) in [6.45, 7) is 0. The van der Waals surface area contributed by atoms with E-state index in [9.17, 15) is 4.39 Å². The molecule has 0 N–H and O–H groups in total. The summed E-state index contributed by atoms with van der Waals surface area (Å²) in [4.78, 5) is 15.1. The van der Waals surface area contributed by atoms with Crippen LogP contribution < -0.4 is 0 Å².